The Bertz CT molecular complexity index is 1160. The minimum absolute atomic E-state index is 0.178. The van der Waals surface area contributed by atoms with Crippen LogP contribution in [-0.2, 0) is 11.2 Å². The molecule has 0 spiro atoms. The van der Waals surface area contributed by atoms with E-state index in [1.807, 2.05) is 12.3 Å². The van der Waals surface area contributed by atoms with Crippen molar-refractivity contribution in [2.24, 2.45) is 5.92 Å². The molecule has 1 fully saturated rings. The molecule has 0 aromatic carbocycles. The Balaban J connectivity index is 1.56. The number of nitrogens with zero attached hydrogens (tertiary/aromatic N) is 4. The van der Waals surface area contributed by atoms with Crippen molar-refractivity contribution in [3.8, 4) is 11.1 Å². The van der Waals surface area contributed by atoms with Gasteiger partial charge in [0, 0.05) is 23.2 Å². The van der Waals surface area contributed by atoms with Crippen LogP contribution in [0.3, 0.4) is 0 Å². The van der Waals surface area contributed by atoms with Crippen LogP contribution in [0.4, 0.5) is 5.82 Å². The van der Waals surface area contributed by atoms with Crippen LogP contribution in [0.25, 0.3) is 22.9 Å². The summed E-state index contributed by atoms with van der Waals surface area (Å²) in [5.41, 5.74) is 12.0. The quantitative estimate of drug-likeness (QED) is 0.618. The summed E-state index contributed by atoms with van der Waals surface area (Å²) in [5.74, 6) is -0.283. The summed E-state index contributed by atoms with van der Waals surface area (Å²) >= 11 is 3.60. The van der Waals surface area contributed by atoms with Crippen molar-refractivity contribution in [1.29, 1.82) is 0 Å². The molecule has 0 saturated heterocycles. The molecule has 0 aliphatic heterocycles. The molecule has 1 saturated carbocycles. The highest BCUT2D eigenvalue weighted by atomic mass is 79.9. The first-order valence-electron chi connectivity index (χ1n) is 9.74. The minimum atomic E-state index is -0.706. The number of fused-ring (bicyclic) bond motifs is 2. The number of anilines is 1. The Hall–Kier alpha value is -2.74. The van der Waals surface area contributed by atoms with Crippen LogP contribution in [0.5, 0.6) is 0 Å². The molecule has 2 aliphatic carbocycles. The predicted octanol–water partition coefficient (Wildman–Crippen LogP) is 4.06. The number of hydrogen-bond acceptors (Lipinski definition) is 5. The summed E-state index contributed by atoms with van der Waals surface area (Å²) in [7, 11) is 0. The van der Waals surface area contributed by atoms with E-state index in [0.717, 1.165) is 46.2 Å². The molecule has 0 bridgehead atoms. The first-order valence-corrected chi connectivity index (χ1v) is 10.5. The number of halogens is 1. The molecule has 3 aromatic rings. The average Bonchev–Trinajstić information content (AvgIpc) is 3.37. The second-order valence-electron chi connectivity index (χ2n) is 7.75. The lowest BCUT2D eigenvalue weighted by atomic mass is 9.80. The van der Waals surface area contributed by atoms with Gasteiger partial charge >= 0.3 is 5.97 Å². The van der Waals surface area contributed by atoms with Crippen LogP contribution >= 0.6 is 15.9 Å². The maximum Gasteiger partial charge on any atom is 0.306 e. The van der Waals surface area contributed by atoms with Crippen LogP contribution in [0, 0.1) is 5.92 Å². The predicted molar refractivity (Wildman–Crippen MR) is 113 cm³/mol. The van der Waals surface area contributed by atoms with Crippen molar-refractivity contribution < 1.29 is 9.90 Å². The first-order chi connectivity index (χ1) is 14.0. The standard InChI is InChI=1S/C21H20BrN5O2/c22-17-18(11-4-6-12(7-5-11)21(28)29)26-20-15(10-25-27(20)19(17)23)14-8-13-2-1-3-16(13)24-9-14/h1,3,8-12H,2,4-7,23H2,(H,28,29). The highest BCUT2D eigenvalue weighted by molar-refractivity contribution is 9.10. The van der Waals surface area contributed by atoms with Gasteiger partial charge in [0.05, 0.1) is 28.0 Å². The van der Waals surface area contributed by atoms with Crippen LogP contribution in [0.15, 0.2) is 29.0 Å². The fraction of sp³-hybridized carbons (Fsp3) is 0.333. The monoisotopic (exact) mass is 453 g/mol. The number of carbonyl (C=O) groups is 1. The normalized spacial score (nSPS) is 20.9. The Labute approximate surface area is 175 Å². The van der Waals surface area contributed by atoms with Gasteiger partial charge in [-0.25, -0.2) is 4.98 Å². The fourth-order valence-electron chi connectivity index (χ4n) is 4.38. The van der Waals surface area contributed by atoms with E-state index in [1.165, 1.54) is 5.56 Å². The first kappa shape index (κ1) is 18.3. The number of allylic oxidation sites excluding steroid dienone is 1. The lowest BCUT2D eigenvalue weighted by molar-refractivity contribution is -0.142. The average molecular weight is 454 g/mol. The minimum Gasteiger partial charge on any atom is -0.481 e. The van der Waals surface area contributed by atoms with Crippen molar-refractivity contribution in [2.45, 2.75) is 38.0 Å². The Kier molecular flexibility index (Phi) is 4.38. The van der Waals surface area contributed by atoms with Gasteiger partial charge in [-0.1, -0.05) is 6.08 Å². The second-order valence-corrected chi connectivity index (χ2v) is 8.54. The molecule has 8 heteroatoms. The molecule has 2 aliphatic rings. The van der Waals surface area contributed by atoms with E-state index in [2.05, 4.69) is 38.2 Å². The molecular weight excluding hydrogens is 434 g/mol. The van der Waals surface area contributed by atoms with Gasteiger partial charge in [-0.2, -0.15) is 9.61 Å². The summed E-state index contributed by atoms with van der Waals surface area (Å²) in [4.78, 5) is 20.8. The number of aliphatic carboxylic acids is 1. The van der Waals surface area contributed by atoms with Crippen LogP contribution < -0.4 is 5.73 Å². The number of hydrogen-bond donors (Lipinski definition) is 2. The topological polar surface area (TPSA) is 106 Å². The van der Waals surface area contributed by atoms with Crippen molar-refractivity contribution in [3.05, 3.63) is 46.0 Å². The van der Waals surface area contributed by atoms with Crippen molar-refractivity contribution >= 4 is 39.4 Å². The zero-order valence-electron chi connectivity index (χ0n) is 15.7. The third kappa shape index (κ3) is 3.02. The lowest BCUT2D eigenvalue weighted by Gasteiger charge is -2.26. The number of nitrogen functional groups attached to an aromatic ring is 1. The maximum absolute atomic E-state index is 11.3. The largest absolute Gasteiger partial charge is 0.481 e. The molecule has 148 valence electrons. The van der Waals surface area contributed by atoms with Gasteiger partial charge in [0.25, 0.3) is 0 Å². The van der Waals surface area contributed by atoms with E-state index < -0.39 is 5.97 Å². The van der Waals surface area contributed by atoms with E-state index in [4.69, 9.17) is 10.7 Å². The Morgan fingerprint density at radius 1 is 1.24 bits per heavy atom. The van der Waals surface area contributed by atoms with Crippen LogP contribution in [0.1, 0.15) is 48.6 Å². The Morgan fingerprint density at radius 2 is 2.03 bits per heavy atom. The SMILES string of the molecule is Nc1c(Br)c(C2CCC(C(=O)O)CC2)nc2c(-c3cnc4c(c3)CC=C4)cnn12. The number of aromatic nitrogens is 4. The smallest absolute Gasteiger partial charge is 0.306 e. The van der Waals surface area contributed by atoms with E-state index in [0.29, 0.717) is 24.3 Å². The second kappa shape index (κ2) is 6.95. The summed E-state index contributed by atoms with van der Waals surface area (Å²) in [6.07, 6.45) is 11.5. The Morgan fingerprint density at radius 3 is 2.79 bits per heavy atom. The molecule has 0 unspecified atom stereocenters. The summed E-state index contributed by atoms with van der Waals surface area (Å²) in [5, 5.41) is 13.7. The van der Waals surface area contributed by atoms with E-state index >= 15 is 0 Å². The zero-order chi connectivity index (χ0) is 20.1. The van der Waals surface area contributed by atoms with Gasteiger partial charge in [-0.15, -0.1) is 0 Å². The highest BCUT2D eigenvalue weighted by Crippen LogP contribution is 2.40. The number of rotatable bonds is 3. The van der Waals surface area contributed by atoms with E-state index in [-0.39, 0.29) is 11.8 Å². The van der Waals surface area contributed by atoms with Gasteiger partial charge in [0.15, 0.2) is 5.65 Å². The van der Waals surface area contributed by atoms with Crippen molar-refractivity contribution in [2.75, 3.05) is 5.73 Å². The highest BCUT2D eigenvalue weighted by Gasteiger charge is 2.30. The molecule has 0 amide bonds. The molecule has 0 radical (unpaired) electrons. The summed E-state index contributed by atoms with van der Waals surface area (Å²) < 4.78 is 2.40. The molecule has 0 atom stereocenters. The third-order valence-corrected chi connectivity index (χ3v) is 6.85. The molecule has 3 aromatic heterocycles. The lowest BCUT2D eigenvalue weighted by Crippen LogP contribution is -2.21. The van der Waals surface area contributed by atoms with Crippen LogP contribution in [0.2, 0.25) is 0 Å². The number of carboxylic acid groups (broad SMARTS) is 1. The summed E-state index contributed by atoms with van der Waals surface area (Å²) in [6.45, 7) is 0. The van der Waals surface area contributed by atoms with Gasteiger partial charge < -0.3 is 10.8 Å². The van der Waals surface area contributed by atoms with Gasteiger partial charge in [0.1, 0.15) is 5.82 Å². The molecule has 7 nitrogen and oxygen atoms in total. The van der Waals surface area contributed by atoms with Crippen molar-refractivity contribution in [3.63, 3.8) is 0 Å². The van der Waals surface area contributed by atoms with Crippen LogP contribution in [-0.4, -0.2) is 30.7 Å². The number of pyridine rings is 1. The summed E-state index contributed by atoms with van der Waals surface area (Å²) in [6, 6.07) is 2.14. The van der Waals surface area contributed by atoms with Gasteiger partial charge in [-0.3, -0.25) is 9.78 Å². The van der Waals surface area contributed by atoms with E-state index in [1.54, 1.807) is 10.7 Å². The molecular formula is C21H20BrN5O2. The molecule has 5 rings (SSSR count). The molecule has 29 heavy (non-hydrogen) atoms. The molecule has 3 heterocycles. The van der Waals surface area contributed by atoms with Gasteiger partial charge in [-0.05, 0) is 65.7 Å². The fourth-order valence-corrected chi connectivity index (χ4v) is 4.96. The number of nitrogens with two attached hydrogens (primary N) is 1. The van der Waals surface area contributed by atoms with Crippen molar-refractivity contribution in [1.82, 2.24) is 19.6 Å². The molecule has 3 N–H and O–H groups in total. The maximum atomic E-state index is 11.3. The van der Waals surface area contributed by atoms with Gasteiger partial charge in [0.2, 0.25) is 0 Å². The number of carboxylic acids is 1. The van der Waals surface area contributed by atoms with E-state index in [9.17, 15) is 9.90 Å². The third-order valence-electron chi connectivity index (χ3n) is 6.04. The zero-order valence-corrected chi connectivity index (χ0v) is 17.3.